The van der Waals surface area contributed by atoms with Crippen molar-refractivity contribution in [1.82, 2.24) is 10.2 Å². The molecule has 116 valence electrons. The van der Waals surface area contributed by atoms with Gasteiger partial charge in [0, 0.05) is 30.6 Å². The van der Waals surface area contributed by atoms with Crippen molar-refractivity contribution in [2.75, 3.05) is 33.4 Å². The summed E-state index contributed by atoms with van der Waals surface area (Å²) in [5, 5.41) is 3.76. The van der Waals surface area contributed by atoms with Crippen LogP contribution in [0.2, 0.25) is 0 Å². The van der Waals surface area contributed by atoms with Gasteiger partial charge >= 0.3 is 0 Å². The highest BCUT2D eigenvalue weighted by Crippen LogP contribution is 2.34. The minimum Gasteiger partial charge on any atom is -0.497 e. The number of ether oxygens (including phenoxy) is 2. The topological polar surface area (TPSA) is 33.7 Å². The van der Waals surface area contributed by atoms with Gasteiger partial charge < -0.3 is 14.8 Å². The quantitative estimate of drug-likeness (QED) is 0.904. The first-order chi connectivity index (χ1) is 10.3. The summed E-state index contributed by atoms with van der Waals surface area (Å²) >= 11 is 0. The minimum absolute atomic E-state index is 0.378. The van der Waals surface area contributed by atoms with Crippen molar-refractivity contribution in [2.24, 2.45) is 0 Å². The lowest BCUT2D eigenvalue weighted by molar-refractivity contribution is 0.225. The fraction of sp³-hybridized carbons (Fsp3) is 0.647. The smallest absolute Gasteiger partial charge is 0.124 e. The molecule has 4 heteroatoms. The van der Waals surface area contributed by atoms with Crippen LogP contribution in [-0.2, 0) is 0 Å². The molecule has 0 aromatic heterocycles. The molecule has 1 aromatic rings. The number of rotatable bonds is 5. The Morgan fingerprint density at radius 2 is 2.29 bits per heavy atom. The first kappa shape index (κ1) is 14.7. The van der Waals surface area contributed by atoms with Crippen LogP contribution in [-0.4, -0.2) is 44.3 Å². The second-order valence-electron chi connectivity index (χ2n) is 5.93. The number of hydrogen-bond acceptors (Lipinski definition) is 4. The number of methoxy groups -OCH3 is 1. The molecule has 2 heterocycles. The molecule has 0 aliphatic carbocycles. The lowest BCUT2D eigenvalue weighted by Gasteiger charge is -2.30. The van der Waals surface area contributed by atoms with Crippen LogP contribution in [0.3, 0.4) is 0 Å². The van der Waals surface area contributed by atoms with Gasteiger partial charge in [0.25, 0.3) is 0 Å². The molecule has 2 aliphatic heterocycles. The summed E-state index contributed by atoms with van der Waals surface area (Å²) < 4.78 is 11.1. The third-order valence-electron chi connectivity index (χ3n) is 4.76. The Morgan fingerprint density at radius 1 is 1.38 bits per heavy atom. The second kappa shape index (κ2) is 6.67. The van der Waals surface area contributed by atoms with E-state index in [0.717, 1.165) is 37.6 Å². The van der Waals surface area contributed by atoms with Gasteiger partial charge in [0.1, 0.15) is 11.5 Å². The fourth-order valence-corrected chi connectivity index (χ4v) is 3.53. The van der Waals surface area contributed by atoms with Crippen molar-refractivity contribution < 1.29 is 9.47 Å². The van der Waals surface area contributed by atoms with E-state index < -0.39 is 0 Å². The van der Waals surface area contributed by atoms with E-state index in [1.54, 1.807) is 7.11 Å². The van der Waals surface area contributed by atoms with Gasteiger partial charge in [-0.25, -0.2) is 0 Å². The van der Waals surface area contributed by atoms with Crippen LogP contribution in [0.15, 0.2) is 18.2 Å². The SMILES string of the molecule is CCN1CCCC1CNC1CCOc2ccc(OC)cc21. The van der Waals surface area contributed by atoms with Crippen LogP contribution in [0.25, 0.3) is 0 Å². The van der Waals surface area contributed by atoms with Crippen LogP contribution in [0.1, 0.15) is 37.8 Å². The number of nitrogens with one attached hydrogen (secondary N) is 1. The van der Waals surface area contributed by atoms with Crippen LogP contribution in [0.4, 0.5) is 0 Å². The maximum absolute atomic E-state index is 5.76. The Bertz CT molecular complexity index is 478. The van der Waals surface area contributed by atoms with Gasteiger partial charge in [0.05, 0.1) is 13.7 Å². The van der Waals surface area contributed by atoms with Crippen molar-refractivity contribution in [3.8, 4) is 11.5 Å². The maximum atomic E-state index is 5.76. The zero-order chi connectivity index (χ0) is 14.7. The lowest BCUT2D eigenvalue weighted by atomic mass is 9.99. The largest absolute Gasteiger partial charge is 0.497 e. The highest BCUT2D eigenvalue weighted by molar-refractivity contribution is 5.43. The molecule has 3 rings (SSSR count). The molecule has 2 aliphatic rings. The van der Waals surface area contributed by atoms with Crippen molar-refractivity contribution >= 4 is 0 Å². The van der Waals surface area contributed by atoms with E-state index >= 15 is 0 Å². The summed E-state index contributed by atoms with van der Waals surface area (Å²) in [6.07, 6.45) is 3.67. The van der Waals surface area contributed by atoms with Crippen LogP contribution >= 0.6 is 0 Å². The highest BCUT2D eigenvalue weighted by atomic mass is 16.5. The first-order valence-electron chi connectivity index (χ1n) is 8.10. The Hall–Kier alpha value is -1.26. The predicted octanol–water partition coefficient (Wildman–Crippen LogP) is 2.59. The standard InChI is InChI=1S/C17H26N2O2/c1-3-19-9-4-5-13(19)12-18-16-8-10-21-17-7-6-14(20-2)11-15(16)17/h6-7,11,13,16,18H,3-5,8-10,12H2,1-2H3. The van der Waals surface area contributed by atoms with Gasteiger partial charge in [-0.15, -0.1) is 0 Å². The fourth-order valence-electron chi connectivity index (χ4n) is 3.53. The van der Waals surface area contributed by atoms with E-state index in [0.29, 0.717) is 12.1 Å². The molecule has 0 spiro atoms. The van der Waals surface area contributed by atoms with E-state index in [2.05, 4.69) is 23.2 Å². The van der Waals surface area contributed by atoms with Gasteiger partial charge in [0.2, 0.25) is 0 Å². The van der Waals surface area contributed by atoms with Crippen LogP contribution in [0.5, 0.6) is 11.5 Å². The number of likely N-dealkylation sites (N-methyl/N-ethyl adjacent to an activating group) is 1. The Morgan fingerprint density at radius 3 is 3.10 bits per heavy atom. The number of likely N-dealkylation sites (tertiary alicyclic amines) is 1. The van der Waals surface area contributed by atoms with Crippen molar-refractivity contribution in [3.63, 3.8) is 0 Å². The van der Waals surface area contributed by atoms with Crippen molar-refractivity contribution in [3.05, 3.63) is 23.8 Å². The summed E-state index contributed by atoms with van der Waals surface area (Å²) in [5.74, 6) is 1.90. The third-order valence-corrected chi connectivity index (χ3v) is 4.76. The maximum Gasteiger partial charge on any atom is 0.124 e. The molecular weight excluding hydrogens is 264 g/mol. The summed E-state index contributed by atoms with van der Waals surface area (Å²) in [6.45, 7) is 6.52. The number of hydrogen-bond donors (Lipinski definition) is 1. The van der Waals surface area contributed by atoms with Crippen molar-refractivity contribution in [1.29, 1.82) is 0 Å². The normalized spacial score (nSPS) is 25.4. The van der Waals surface area contributed by atoms with E-state index in [1.165, 1.54) is 24.9 Å². The zero-order valence-corrected chi connectivity index (χ0v) is 13.1. The summed E-state index contributed by atoms with van der Waals surface area (Å²) in [6, 6.07) is 7.17. The van der Waals surface area contributed by atoms with Crippen molar-refractivity contribution in [2.45, 2.75) is 38.3 Å². The molecule has 2 atom stereocenters. The highest BCUT2D eigenvalue weighted by Gasteiger charge is 2.26. The van der Waals surface area contributed by atoms with Gasteiger partial charge in [-0.3, -0.25) is 4.90 Å². The number of benzene rings is 1. The van der Waals surface area contributed by atoms with E-state index in [9.17, 15) is 0 Å². The Balaban J connectivity index is 1.67. The molecule has 1 N–H and O–H groups in total. The number of nitrogens with zero attached hydrogens (tertiary/aromatic N) is 1. The average Bonchev–Trinajstić information content (AvgIpc) is 2.99. The van der Waals surface area contributed by atoms with E-state index in [1.807, 2.05) is 12.1 Å². The Kier molecular flexibility index (Phi) is 4.66. The molecule has 0 radical (unpaired) electrons. The average molecular weight is 290 g/mol. The molecule has 2 unspecified atom stereocenters. The van der Waals surface area contributed by atoms with E-state index in [4.69, 9.17) is 9.47 Å². The van der Waals surface area contributed by atoms with Gasteiger partial charge in [-0.05, 0) is 44.1 Å². The van der Waals surface area contributed by atoms with Gasteiger partial charge in [-0.2, -0.15) is 0 Å². The van der Waals surface area contributed by atoms with Crippen LogP contribution in [0, 0.1) is 0 Å². The summed E-state index contributed by atoms with van der Waals surface area (Å²) in [5.41, 5.74) is 1.24. The molecule has 0 bridgehead atoms. The monoisotopic (exact) mass is 290 g/mol. The minimum atomic E-state index is 0.378. The molecule has 21 heavy (non-hydrogen) atoms. The van der Waals surface area contributed by atoms with Crippen LogP contribution < -0.4 is 14.8 Å². The zero-order valence-electron chi connectivity index (χ0n) is 13.1. The summed E-state index contributed by atoms with van der Waals surface area (Å²) in [4.78, 5) is 2.58. The molecule has 1 fully saturated rings. The lowest BCUT2D eigenvalue weighted by Crippen LogP contribution is -2.40. The third kappa shape index (κ3) is 3.16. The van der Waals surface area contributed by atoms with Gasteiger partial charge in [-0.1, -0.05) is 6.92 Å². The second-order valence-corrected chi connectivity index (χ2v) is 5.93. The summed E-state index contributed by atoms with van der Waals surface area (Å²) in [7, 11) is 1.71. The molecular formula is C17H26N2O2. The molecule has 0 amide bonds. The molecule has 1 saturated heterocycles. The molecule has 0 saturated carbocycles. The first-order valence-corrected chi connectivity index (χ1v) is 8.10. The van der Waals surface area contributed by atoms with E-state index in [-0.39, 0.29) is 0 Å². The predicted molar refractivity (Wildman–Crippen MR) is 84.1 cm³/mol. The van der Waals surface area contributed by atoms with Gasteiger partial charge in [0.15, 0.2) is 0 Å². The molecule has 4 nitrogen and oxygen atoms in total. The number of fused-ring (bicyclic) bond motifs is 1. The molecule has 1 aromatic carbocycles. The Labute approximate surface area is 127 Å².